The van der Waals surface area contributed by atoms with Gasteiger partial charge in [0.25, 0.3) is 0 Å². The minimum atomic E-state index is -1.84. The fourth-order valence-electron chi connectivity index (χ4n) is 4.24. The molecule has 0 aromatic carbocycles. The molecule has 0 aliphatic rings. The third-order valence-electron chi connectivity index (χ3n) is 7.18. The maximum absolute atomic E-state index is 13.5. The van der Waals surface area contributed by atoms with Crippen LogP contribution >= 0.6 is 0 Å². The average molecular weight is 701 g/mol. The molecule has 0 aliphatic carbocycles. The molecule has 12 N–H and O–H groups in total. The van der Waals surface area contributed by atoms with Crippen molar-refractivity contribution in [3.8, 4) is 0 Å². The lowest BCUT2D eigenvalue weighted by Crippen LogP contribution is -2.60. The minimum absolute atomic E-state index is 0.279. The van der Waals surface area contributed by atoms with Gasteiger partial charge < -0.3 is 53.6 Å². The number of amides is 8. The van der Waals surface area contributed by atoms with E-state index >= 15 is 0 Å². The molecule has 0 saturated heterocycles. The zero-order valence-corrected chi connectivity index (χ0v) is 28.1. The molecule has 0 bridgehead atoms. The largest absolute Gasteiger partial charge is 0.481 e. The second kappa shape index (κ2) is 21.5. The standard InChI is InChI=1S/C29H48N8O12/c1-6-14(4)24(37-26(46)16(7-9-19(30)39)33-20(40)12-32-15(5)38)29(49)35-18(11-22(43)44)28(48)34-17(8-10-21(41)42)27(47)36-23(13(2)3)25(31)45/h13-14,16-18,23-24H,6-12H2,1-5H3,(H2,30,39)(H2,31,45)(H,32,38)(H,33,40)(H,34,48)(H,35,49)(H,36,47)(H,37,46)(H,41,42)(H,43,44)/t14-,16+,17+,18+,23+,24+/m0/s1. The van der Waals surface area contributed by atoms with E-state index in [2.05, 4.69) is 31.9 Å². The van der Waals surface area contributed by atoms with Crippen molar-refractivity contribution in [1.29, 1.82) is 0 Å². The summed E-state index contributed by atoms with van der Waals surface area (Å²) >= 11 is 0. The Kier molecular flexibility index (Phi) is 19.2. The van der Waals surface area contributed by atoms with Crippen LogP contribution in [0.25, 0.3) is 0 Å². The van der Waals surface area contributed by atoms with Crippen molar-refractivity contribution in [3.63, 3.8) is 0 Å². The summed E-state index contributed by atoms with van der Waals surface area (Å²) in [7, 11) is 0. The molecule has 0 fully saturated rings. The van der Waals surface area contributed by atoms with E-state index < -0.39 is 127 Å². The Morgan fingerprint density at radius 3 is 1.57 bits per heavy atom. The number of hydrogen-bond acceptors (Lipinski definition) is 10. The van der Waals surface area contributed by atoms with Crippen LogP contribution < -0.4 is 43.4 Å². The number of rotatable bonds is 23. The summed E-state index contributed by atoms with van der Waals surface area (Å²) in [5, 5.41) is 32.4. The summed E-state index contributed by atoms with van der Waals surface area (Å²) in [6, 6.07) is -7.43. The zero-order valence-electron chi connectivity index (χ0n) is 28.1. The molecule has 49 heavy (non-hydrogen) atoms. The van der Waals surface area contributed by atoms with Gasteiger partial charge >= 0.3 is 11.9 Å². The molecule has 0 heterocycles. The molecule has 8 amide bonds. The van der Waals surface area contributed by atoms with E-state index in [1.54, 1.807) is 27.7 Å². The summed E-state index contributed by atoms with van der Waals surface area (Å²) in [4.78, 5) is 123. The van der Waals surface area contributed by atoms with Crippen molar-refractivity contribution < 1.29 is 58.2 Å². The second-order valence-electron chi connectivity index (χ2n) is 11.7. The van der Waals surface area contributed by atoms with E-state index in [1.807, 2.05) is 0 Å². The number of nitrogens with one attached hydrogen (secondary N) is 6. The fourth-order valence-corrected chi connectivity index (χ4v) is 4.24. The lowest BCUT2D eigenvalue weighted by atomic mass is 9.96. The van der Waals surface area contributed by atoms with Gasteiger partial charge in [0.1, 0.15) is 30.2 Å². The molecule has 20 heteroatoms. The Morgan fingerprint density at radius 1 is 0.633 bits per heavy atom. The third kappa shape index (κ3) is 17.4. The summed E-state index contributed by atoms with van der Waals surface area (Å²) in [6.45, 7) is 7.04. The van der Waals surface area contributed by atoms with Gasteiger partial charge in [0.05, 0.1) is 13.0 Å². The molecule has 0 radical (unpaired) electrons. The third-order valence-corrected chi connectivity index (χ3v) is 7.18. The summed E-state index contributed by atoms with van der Waals surface area (Å²) in [5.41, 5.74) is 10.5. The Morgan fingerprint density at radius 2 is 1.12 bits per heavy atom. The molecule has 276 valence electrons. The van der Waals surface area contributed by atoms with Crippen LogP contribution in [-0.4, -0.2) is 106 Å². The van der Waals surface area contributed by atoms with Crippen LogP contribution in [0.15, 0.2) is 0 Å². The number of carboxylic acid groups (broad SMARTS) is 2. The highest BCUT2D eigenvalue weighted by molar-refractivity contribution is 5.98. The van der Waals surface area contributed by atoms with Crippen LogP contribution in [0.3, 0.4) is 0 Å². The van der Waals surface area contributed by atoms with Gasteiger partial charge in [0.15, 0.2) is 0 Å². The molecule has 0 rings (SSSR count). The van der Waals surface area contributed by atoms with Crippen LogP contribution in [-0.2, 0) is 47.9 Å². The van der Waals surface area contributed by atoms with Crippen molar-refractivity contribution in [2.45, 2.75) is 103 Å². The zero-order chi connectivity index (χ0) is 38.0. The minimum Gasteiger partial charge on any atom is -0.481 e. The smallest absolute Gasteiger partial charge is 0.305 e. The molecule has 0 saturated carbocycles. The number of nitrogens with two attached hydrogens (primary N) is 2. The van der Waals surface area contributed by atoms with Gasteiger partial charge in [-0.15, -0.1) is 0 Å². The number of aliphatic carboxylic acids is 2. The maximum Gasteiger partial charge on any atom is 0.305 e. The Balaban J connectivity index is 6.21. The first kappa shape index (κ1) is 43.7. The van der Waals surface area contributed by atoms with E-state index in [0.29, 0.717) is 0 Å². The van der Waals surface area contributed by atoms with Gasteiger partial charge in [-0.25, -0.2) is 0 Å². The van der Waals surface area contributed by atoms with Crippen molar-refractivity contribution >= 4 is 59.2 Å². The predicted molar refractivity (Wildman–Crippen MR) is 169 cm³/mol. The van der Waals surface area contributed by atoms with Crippen LogP contribution in [0.1, 0.15) is 73.1 Å². The molecule has 20 nitrogen and oxygen atoms in total. The Hall–Kier alpha value is -5.30. The Labute approximate surface area is 282 Å². The van der Waals surface area contributed by atoms with Crippen molar-refractivity contribution in [2.24, 2.45) is 23.3 Å². The molecular formula is C29H48N8O12. The van der Waals surface area contributed by atoms with E-state index in [4.69, 9.17) is 16.6 Å². The quantitative estimate of drug-likeness (QED) is 0.0493. The monoisotopic (exact) mass is 700 g/mol. The SMILES string of the molecule is CC[C@H](C)[C@@H](NC(=O)[C@@H](CCC(N)=O)NC(=O)CNC(C)=O)C(=O)N[C@H](CC(=O)O)C(=O)N[C@H](CCC(=O)O)C(=O)N[C@@H](C(N)=O)C(C)C. The highest BCUT2D eigenvalue weighted by Crippen LogP contribution is 2.11. The van der Waals surface area contributed by atoms with Crippen LogP contribution in [0, 0.1) is 11.8 Å². The van der Waals surface area contributed by atoms with E-state index in [-0.39, 0.29) is 19.3 Å². The number of carbonyl (C=O) groups is 10. The number of carbonyl (C=O) groups excluding carboxylic acids is 8. The van der Waals surface area contributed by atoms with Crippen molar-refractivity contribution in [3.05, 3.63) is 0 Å². The van der Waals surface area contributed by atoms with Crippen LogP contribution in [0.4, 0.5) is 0 Å². The van der Waals surface area contributed by atoms with Gasteiger partial charge in [-0.3, -0.25) is 47.9 Å². The molecule has 0 unspecified atom stereocenters. The number of hydrogen-bond donors (Lipinski definition) is 10. The first-order valence-corrected chi connectivity index (χ1v) is 15.5. The summed E-state index contributed by atoms with van der Waals surface area (Å²) in [6.07, 6.45) is -2.42. The predicted octanol–water partition coefficient (Wildman–Crippen LogP) is -3.66. The molecule has 0 aliphatic heterocycles. The van der Waals surface area contributed by atoms with E-state index in [1.165, 1.54) is 0 Å². The fraction of sp³-hybridized carbons (Fsp3) is 0.655. The summed E-state index contributed by atoms with van der Waals surface area (Å²) in [5.74, 6) is -11.1. The van der Waals surface area contributed by atoms with Crippen molar-refractivity contribution in [1.82, 2.24) is 31.9 Å². The normalized spacial score (nSPS) is 14.4. The first-order chi connectivity index (χ1) is 22.7. The Bertz CT molecular complexity index is 1260. The average Bonchev–Trinajstić information content (AvgIpc) is 2.99. The lowest BCUT2D eigenvalue weighted by Gasteiger charge is -2.29. The highest BCUT2D eigenvalue weighted by Gasteiger charge is 2.35. The van der Waals surface area contributed by atoms with Gasteiger partial charge in [0, 0.05) is 19.8 Å². The molecule has 0 spiro atoms. The van der Waals surface area contributed by atoms with Crippen molar-refractivity contribution in [2.75, 3.05) is 6.54 Å². The molecular weight excluding hydrogens is 652 g/mol. The van der Waals surface area contributed by atoms with Gasteiger partial charge in [0.2, 0.25) is 47.3 Å². The summed E-state index contributed by atoms with van der Waals surface area (Å²) < 4.78 is 0. The highest BCUT2D eigenvalue weighted by atomic mass is 16.4. The van der Waals surface area contributed by atoms with Gasteiger partial charge in [-0.05, 0) is 24.7 Å². The molecule has 0 aromatic heterocycles. The number of carboxylic acids is 2. The van der Waals surface area contributed by atoms with Gasteiger partial charge in [-0.2, -0.15) is 0 Å². The van der Waals surface area contributed by atoms with Crippen LogP contribution in [0.2, 0.25) is 0 Å². The molecule has 6 atom stereocenters. The molecule has 0 aromatic rings. The number of primary amides is 2. The first-order valence-electron chi connectivity index (χ1n) is 15.5. The van der Waals surface area contributed by atoms with E-state index in [0.717, 1.165) is 6.92 Å². The topological polar surface area (TPSA) is 335 Å². The lowest BCUT2D eigenvalue weighted by molar-refractivity contribution is -0.142. The second-order valence-corrected chi connectivity index (χ2v) is 11.7. The maximum atomic E-state index is 13.5. The van der Waals surface area contributed by atoms with E-state index in [9.17, 15) is 53.1 Å². The van der Waals surface area contributed by atoms with Gasteiger partial charge in [-0.1, -0.05) is 34.1 Å². The van der Waals surface area contributed by atoms with Crippen LogP contribution in [0.5, 0.6) is 0 Å².